The molecule has 1 amide bonds. The van der Waals surface area contributed by atoms with E-state index in [2.05, 4.69) is 20.7 Å². The van der Waals surface area contributed by atoms with Crippen molar-refractivity contribution in [2.45, 2.75) is 18.9 Å². The summed E-state index contributed by atoms with van der Waals surface area (Å²) in [5.74, 6) is 0.342. The molecule has 1 atom stereocenters. The summed E-state index contributed by atoms with van der Waals surface area (Å²) in [4.78, 5) is 17.0. The monoisotopic (exact) mass is 395 g/mol. The van der Waals surface area contributed by atoms with Gasteiger partial charge in [0.1, 0.15) is 17.7 Å². The number of carboxylic acid groups (broad SMARTS) is 1. The standard InChI is InChI=1S/C19H18FN7O2/c20-15-9-13(7-6-12(15)10-21)23-18-24-17-5-1-4-16(27(17)25-18)22-14-3-2-8-26(11-14)19(28)29/h1,4-7,9,14,22H,2-3,8,11H2,(H,23,25)(H,28,29). The lowest BCUT2D eigenvalue weighted by Crippen LogP contribution is -2.44. The molecule has 9 nitrogen and oxygen atoms in total. The molecular weight excluding hydrogens is 377 g/mol. The highest BCUT2D eigenvalue weighted by atomic mass is 19.1. The van der Waals surface area contributed by atoms with Crippen LogP contribution in [0.15, 0.2) is 36.4 Å². The first-order valence-electron chi connectivity index (χ1n) is 9.10. The van der Waals surface area contributed by atoms with Gasteiger partial charge in [-0.15, -0.1) is 5.10 Å². The Morgan fingerprint density at radius 3 is 2.97 bits per heavy atom. The maximum atomic E-state index is 13.8. The van der Waals surface area contributed by atoms with Gasteiger partial charge in [-0.25, -0.2) is 9.18 Å². The predicted molar refractivity (Wildman–Crippen MR) is 104 cm³/mol. The second-order valence-electron chi connectivity index (χ2n) is 6.76. The number of fused-ring (bicyclic) bond motifs is 1. The van der Waals surface area contributed by atoms with E-state index < -0.39 is 11.9 Å². The average Bonchev–Trinajstić information content (AvgIpc) is 3.12. The number of rotatable bonds is 4. The molecule has 2 aromatic heterocycles. The van der Waals surface area contributed by atoms with E-state index in [9.17, 15) is 14.3 Å². The van der Waals surface area contributed by atoms with Gasteiger partial charge in [0.15, 0.2) is 5.65 Å². The van der Waals surface area contributed by atoms with Gasteiger partial charge in [0.2, 0.25) is 5.95 Å². The molecule has 0 aliphatic carbocycles. The molecule has 29 heavy (non-hydrogen) atoms. The van der Waals surface area contributed by atoms with Crippen molar-refractivity contribution in [3.63, 3.8) is 0 Å². The molecule has 1 aliphatic rings. The van der Waals surface area contributed by atoms with Crippen LogP contribution in [0.25, 0.3) is 5.65 Å². The fourth-order valence-electron chi connectivity index (χ4n) is 3.36. The molecule has 0 radical (unpaired) electrons. The molecule has 1 aliphatic heterocycles. The lowest BCUT2D eigenvalue weighted by molar-refractivity contribution is 0.132. The van der Waals surface area contributed by atoms with E-state index in [4.69, 9.17) is 5.26 Å². The Hall–Kier alpha value is -3.87. The van der Waals surface area contributed by atoms with E-state index in [1.165, 1.54) is 17.0 Å². The molecule has 0 bridgehead atoms. The number of benzene rings is 1. The Morgan fingerprint density at radius 2 is 2.21 bits per heavy atom. The third-order valence-electron chi connectivity index (χ3n) is 4.75. The number of nitrogens with one attached hydrogen (secondary N) is 2. The van der Waals surface area contributed by atoms with Gasteiger partial charge in [0, 0.05) is 24.8 Å². The number of hydrogen-bond acceptors (Lipinski definition) is 6. The van der Waals surface area contributed by atoms with Gasteiger partial charge in [0.25, 0.3) is 0 Å². The fraction of sp³-hybridized carbons (Fsp3) is 0.263. The van der Waals surface area contributed by atoms with E-state index in [1.54, 1.807) is 22.7 Å². The molecule has 1 fully saturated rings. The lowest BCUT2D eigenvalue weighted by atomic mass is 10.1. The first kappa shape index (κ1) is 18.5. The molecule has 4 rings (SSSR count). The van der Waals surface area contributed by atoms with Crippen molar-refractivity contribution >= 4 is 29.2 Å². The number of halogens is 1. The maximum Gasteiger partial charge on any atom is 0.407 e. The van der Waals surface area contributed by atoms with E-state index in [-0.39, 0.29) is 17.6 Å². The number of piperidine rings is 1. The zero-order valence-corrected chi connectivity index (χ0v) is 15.3. The Kier molecular flexibility index (Phi) is 4.87. The highest BCUT2D eigenvalue weighted by Crippen LogP contribution is 2.21. The van der Waals surface area contributed by atoms with Crippen LogP contribution < -0.4 is 10.6 Å². The summed E-state index contributed by atoms with van der Waals surface area (Å²) in [6.07, 6.45) is 0.718. The fourth-order valence-corrected chi connectivity index (χ4v) is 3.36. The Balaban J connectivity index is 1.55. The average molecular weight is 395 g/mol. The molecule has 3 N–H and O–H groups in total. The number of aromatic nitrogens is 3. The molecular formula is C19H18FN7O2. The quantitative estimate of drug-likeness (QED) is 0.621. The van der Waals surface area contributed by atoms with Crippen LogP contribution >= 0.6 is 0 Å². The molecule has 0 spiro atoms. The van der Waals surface area contributed by atoms with Crippen LogP contribution in [0.5, 0.6) is 0 Å². The molecule has 1 saturated heterocycles. The van der Waals surface area contributed by atoms with Crippen LogP contribution in [0.1, 0.15) is 18.4 Å². The van der Waals surface area contributed by atoms with Crippen molar-refractivity contribution < 1.29 is 14.3 Å². The SMILES string of the molecule is N#Cc1ccc(Nc2nc3cccc(NC4CCCN(C(=O)O)C4)n3n2)cc1F. The van der Waals surface area contributed by atoms with E-state index in [1.807, 2.05) is 12.1 Å². The second-order valence-corrected chi connectivity index (χ2v) is 6.76. The third-order valence-corrected chi connectivity index (χ3v) is 4.75. The molecule has 148 valence electrons. The van der Waals surface area contributed by atoms with E-state index in [0.29, 0.717) is 30.2 Å². The number of carbonyl (C=O) groups is 1. The molecule has 1 aromatic carbocycles. The topological polar surface area (TPSA) is 119 Å². The highest BCUT2D eigenvalue weighted by molar-refractivity contribution is 5.65. The van der Waals surface area contributed by atoms with Gasteiger partial charge in [-0.05, 0) is 43.2 Å². The first-order chi connectivity index (χ1) is 14.0. The van der Waals surface area contributed by atoms with Gasteiger partial charge in [-0.2, -0.15) is 14.8 Å². The molecule has 10 heteroatoms. The number of likely N-dealkylation sites (tertiary alicyclic amines) is 1. The van der Waals surface area contributed by atoms with Crippen LogP contribution in [-0.4, -0.2) is 49.8 Å². The summed E-state index contributed by atoms with van der Waals surface area (Å²) in [5, 5.41) is 28.7. The number of nitriles is 1. The Morgan fingerprint density at radius 1 is 1.34 bits per heavy atom. The minimum absolute atomic E-state index is 0.0290. The minimum atomic E-state index is -0.920. The second kappa shape index (κ2) is 7.63. The zero-order valence-electron chi connectivity index (χ0n) is 15.3. The predicted octanol–water partition coefficient (Wildman–Crippen LogP) is 3.04. The Bertz CT molecular complexity index is 1110. The molecule has 1 unspecified atom stereocenters. The minimum Gasteiger partial charge on any atom is -0.465 e. The summed E-state index contributed by atoms with van der Waals surface area (Å²) in [7, 11) is 0. The van der Waals surface area contributed by atoms with E-state index >= 15 is 0 Å². The van der Waals surface area contributed by atoms with Gasteiger partial charge >= 0.3 is 6.09 Å². The number of nitrogens with zero attached hydrogens (tertiary/aromatic N) is 5. The van der Waals surface area contributed by atoms with Crippen LogP contribution in [0, 0.1) is 17.1 Å². The van der Waals surface area contributed by atoms with Gasteiger partial charge in [-0.1, -0.05) is 6.07 Å². The summed E-state index contributed by atoms with van der Waals surface area (Å²) in [6, 6.07) is 11.4. The summed E-state index contributed by atoms with van der Waals surface area (Å²) in [5.41, 5.74) is 0.974. The highest BCUT2D eigenvalue weighted by Gasteiger charge is 2.23. The van der Waals surface area contributed by atoms with Gasteiger partial charge < -0.3 is 20.6 Å². The van der Waals surface area contributed by atoms with Gasteiger partial charge in [0.05, 0.1) is 5.56 Å². The number of hydrogen-bond donors (Lipinski definition) is 3. The zero-order chi connectivity index (χ0) is 20.4. The molecule has 0 saturated carbocycles. The number of anilines is 3. The Labute approximate surface area is 165 Å². The smallest absolute Gasteiger partial charge is 0.407 e. The number of pyridine rings is 1. The van der Waals surface area contributed by atoms with Crippen molar-refractivity contribution in [2.24, 2.45) is 0 Å². The van der Waals surface area contributed by atoms with Crippen LogP contribution in [0.4, 0.5) is 26.6 Å². The largest absolute Gasteiger partial charge is 0.465 e. The summed E-state index contributed by atoms with van der Waals surface area (Å²) < 4.78 is 15.4. The van der Waals surface area contributed by atoms with E-state index in [0.717, 1.165) is 12.8 Å². The van der Waals surface area contributed by atoms with Crippen LogP contribution in [-0.2, 0) is 0 Å². The maximum absolute atomic E-state index is 13.8. The van der Waals surface area contributed by atoms with Gasteiger partial charge in [-0.3, -0.25) is 0 Å². The normalized spacial score (nSPS) is 16.4. The number of amides is 1. The van der Waals surface area contributed by atoms with Crippen LogP contribution in [0.2, 0.25) is 0 Å². The molecule has 3 aromatic rings. The van der Waals surface area contributed by atoms with Crippen LogP contribution in [0.3, 0.4) is 0 Å². The van der Waals surface area contributed by atoms with Crippen molar-refractivity contribution in [3.05, 3.63) is 47.8 Å². The lowest BCUT2D eigenvalue weighted by Gasteiger charge is -2.31. The third kappa shape index (κ3) is 3.89. The van der Waals surface area contributed by atoms with Crippen molar-refractivity contribution in [2.75, 3.05) is 23.7 Å². The van der Waals surface area contributed by atoms with Crippen molar-refractivity contribution in [3.8, 4) is 6.07 Å². The summed E-state index contributed by atoms with van der Waals surface area (Å²) in [6.45, 7) is 0.937. The van der Waals surface area contributed by atoms with Crippen molar-refractivity contribution in [1.29, 1.82) is 5.26 Å². The molecule has 3 heterocycles. The summed E-state index contributed by atoms with van der Waals surface area (Å²) >= 11 is 0. The van der Waals surface area contributed by atoms with Crippen molar-refractivity contribution in [1.82, 2.24) is 19.5 Å². The first-order valence-corrected chi connectivity index (χ1v) is 9.10.